The number of benzene rings is 1. The Labute approximate surface area is 127 Å². The van der Waals surface area contributed by atoms with Gasteiger partial charge in [-0.3, -0.25) is 0 Å². The van der Waals surface area contributed by atoms with Crippen molar-refractivity contribution in [1.82, 2.24) is 9.55 Å². The maximum Gasteiger partial charge on any atom is 0.112 e. The number of imidazole rings is 1. The highest BCUT2D eigenvalue weighted by Crippen LogP contribution is 2.34. The van der Waals surface area contributed by atoms with Crippen LogP contribution in [0.5, 0.6) is 0 Å². The molecule has 21 heavy (non-hydrogen) atoms. The van der Waals surface area contributed by atoms with Crippen LogP contribution in [0.3, 0.4) is 0 Å². The molecule has 0 amide bonds. The van der Waals surface area contributed by atoms with E-state index in [9.17, 15) is 5.11 Å². The molecule has 0 fully saturated rings. The minimum Gasteiger partial charge on any atom is -0.387 e. The third kappa shape index (κ3) is 2.19. The van der Waals surface area contributed by atoms with Crippen LogP contribution in [-0.4, -0.2) is 14.7 Å². The Morgan fingerprint density at radius 3 is 3.00 bits per heavy atom. The van der Waals surface area contributed by atoms with Crippen molar-refractivity contribution in [1.29, 1.82) is 0 Å². The van der Waals surface area contributed by atoms with Gasteiger partial charge in [-0.2, -0.15) is 0 Å². The van der Waals surface area contributed by atoms with Gasteiger partial charge in [0.2, 0.25) is 0 Å². The largest absolute Gasteiger partial charge is 0.387 e. The maximum atomic E-state index is 10.5. The summed E-state index contributed by atoms with van der Waals surface area (Å²) in [5, 5.41) is 10.5. The van der Waals surface area contributed by atoms with Crippen LogP contribution in [0.4, 0.5) is 0 Å². The molecule has 0 spiro atoms. The quantitative estimate of drug-likeness (QED) is 0.805. The number of thiophene rings is 1. The Bertz CT molecular complexity index is 781. The van der Waals surface area contributed by atoms with Crippen molar-refractivity contribution in [2.45, 2.75) is 31.8 Å². The number of nitrogens with zero attached hydrogens (tertiary/aromatic N) is 2. The number of hydrogen-bond acceptors (Lipinski definition) is 3. The molecule has 1 aliphatic carbocycles. The molecule has 1 aromatic carbocycles. The lowest BCUT2D eigenvalue weighted by atomic mass is 10.1. The third-order valence-electron chi connectivity index (χ3n) is 4.35. The molecule has 2 heterocycles. The molecule has 1 unspecified atom stereocenters. The monoisotopic (exact) mass is 298 g/mol. The fourth-order valence-electron chi connectivity index (χ4n) is 3.17. The number of para-hydroxylation sites is 2. The second kappa shape index (κ2) is 4.97. The fourth-order valence-corrected chi connectivity index (χ4v) is 4.41. The topological polar surface area (TPSA) is 38.0 Å². The zero-order chi connectivity index (χ0) is 14.4. The van der Waals surface area contributed by atoms with Crippen LogP contribution in [0.1, 0.15) is 33.7 Å². The van der Waals surface area contributed by atoms with Gasteiger partial charge in [-0.15, -0.1) is 11.3 Å². The SMILES string of the molecule is Cn1c(CC(O)c2cc3c(s2)CCC3)nc2ccccc21. The van der Waals surface area contributed by atoms with E-state index in [4.69, 9.17) is 0 Å². The first-order valence-corrected chi connectivity index (χ1v) is 8.24. The van der Waals surface area contributed by atoms with Crippen molar-refractivity contribution in [2.24, 2.45) is 7.05 Å². The summed E-state index contributed by atoms with van der Waals surface area (Å²) in [7, 11) is 2.02. The Hall–Kier alpha value is -1.65. The van der Waals surface area contributed by atoms with Crippen molar-refractivity contribution in [3.05, 3.63) is 51.5 Å². The van der Waals surface area contributed by atoms with E-state index >= 15 is 0 Å². The minimum atomic E-state index is -0.448. The molecule has 0 saturated heterocycles. The average Bonchev–Trinajstić information content (AvgIpc) is 3.13. The normalized spacial score (nSPS) is 15.5. The summed E-state index contributed by atoms with van der Waals surface area (Å²) in [5.41, 5.74) is 3.56. The average molecular weight is 298 g/mol. The number of rotatable bonds is 3. The van der Waals surface area contributed by atoms with Crippen molar-refractivity contribution < 1.29 is 5.11 Å². The van der Waals surface area contributed by atoms with Crippen LogP contribution in [-0.2, 0) is 26.3 Å². The summed E-state index contributed by atoms with van der Waals surface area (Å²) in [6, 6.07) is 10.3. The van der Waals surface area contributed by atoms with Gasteiger partial charge in [0.15, 0.2) is 0 Å². The lowest BCUT2D eigenvalue weighted by molar-refractivity contribution is 0.179. The Kier molecular flexibility index (Phi) is 3.08. The maximum absolute atomic E-state index is 10.5. The summed E-state index contributed by atoms with van der Waals surface area (Å²) in [6.07, 6.45) is 3.74. The number of fused-ring (bicyclic) bond motifs is 2. The summed E-state index contributed by atoms with van der Waals surface area (Å²) in [6.45, 7) is 0. The van der Waals surface area contributed by atoms with Gasteiger partial charge in [0.25, 0.3) is 0 Å². The molecule has 4 rings (SSSR count). The van der Waals surface area contributed by atoms with Crippen molar-refractivity contribution in [3.63, 3.8) is 0 Å². The summed E-state index contributed by atoms with van der Waals surface area (Å²) in [5.74, 6) is 0.942. The minimum absolute atomic E-state index is 0.448. The number of aliphatic hydroxyl groups excluding tert-OH is 1. The van der Waals surface area contributed by atoms with E-state index in [0.717, 1.165) is 21.7 Å². The molecule has 1 aliphatic rings. The zero-order valence-electron chi connectivity index (χ0n) is 12.0. The molecule has 0 radical (unpaired) electrons. The van der Waals surface area contributed by atoms with Crippen LogP contribution in [0.25, 0.3) is 11.0 Å². The van der Waals surface area contributed by atoms with Crippen molar-refractivity contribution >= 4 is 22.4 Å². The van der Waals surface area contributed by atoms with Gasteiger partial charge in [0, 0.05) is 23.2 Å². The van der Waals surface area contributed by atoms with Gasteiger partial charge in [0.05, 0.1) is 17.1 Å². The number of aliphatic hydroxyl groups is 1. The number of hydrogen-bond donors (Lipinski definition) is 1. The van der Waals surface area contributed by atoms with Crippen LogP contribution in [0.15, 0.2) is 30.3 Å². The second-order valence-electron chi connectivity index (χ2n) is 5.75. The highest BCUT2D eigenvalue weighted by Gasteiger charge is 2.20. The Balaban J connectivity index is 1.62. The molecule has 0 bridgehead atoms. The van der Waals surface area contributed by atoms with E-state index in [-0.39, 0.29) is 0 Å². The van der Waals surface area contributed by atoms with Crippen molar-refractivity contribution in [2.75, 3.05) is 0 Å². The molecule has 3 aromatic rings. The third-order valence-corrected chi connectivity index (χ3v) is 5.69. The van der Waals surface area contributed by atoms with Gasteiger partial charge in [-0.1, -0.05) is 12.1 Å². The fraction of sp³-hybridized carbons (Fsp3) is 0.353. The van der Waals surface area contributed by atoms with E-state index in [1.165, 1.54) is 29.7 Å². The molecule has 108 valence electrons. The number of aromatic nitrogens is 2. The molecule has 0 saturated carbocycles. The first kappa shape index (κ1) is 13.0. The molecular weight excluding hydrogens is 280 g/mol. The Morgan fingerprint density at radius 2 is 2.19 bits per heavy atom. The van der Waals surface area contributed by atoms with Gasteiger partial charge in [-0.05, 0) is 43.0 Å². The van der Waals surface area contributed by atoms with E-state index < -0.39 is 6.10 Å². The van der Waals surface area contributed by atoms with Crippen LogP contribution in [0.2, 0.25) is 0 Å². The second-order valence-corrected chi connectivity index (χ2v) is 6.91. The summed E-state index contributed by atoms with van der Waals surface area (Å²) < 4.78 is 2.08. The number of aryl methyl sites for hydroxylation is 3. The van der Waals surface area contributed by atoms with Crippen LogP contribution < -0.4 is 0 Å². The zero-order valence-corrected chi connectivity index (χ0v) is 12.9. The van der Waals surface area contributed by atoms with Crippen molar-refractivity contribution in [3.8, 4) is 0 Å². The molecule has 0 aliphatic heterocycles. The van der Waals surface area contributed by atoms with E-state index in [1.54, 1.807) is 11.3 Å². The van der Waals surface area contributed by atoms with E-state index in [0.29, 0.717) is 6.42 Å². The molecule has 3 nitrogen and oxygen atoms in total. The molecule has 4 heteroatoms. The highest BCUT2D eigenvalue weighted by molar-refractivity contribution is 7.12. The summed E-state index contributed by atoms with van der Waals surface area (Å²) >= 11 is 1.78. The van der Waals surface area contributed by atoms with Gasteiger partial charge >= 0.3 is 0 Å². The van der Waals surface area contributed by atoms with Gasteiger partial charge in [0.1, 0.15) is 5.82 Å². The van der Waals surface area contributed by atoms with Crippen LogP contribution in [0, 0.1) is 0 Å². The lowest BCUT2D eigenvalue weighted by Crippen LogP contribution is -2.05. The Morgan fingerprint density at radius 1 is 1.33 bits per heavy atom. The standard InChI is InChI=1S/C17H18N2OS/c1-19-13-7-3-2-6-12(13)18-17(19)10-14(20)16-9-11-5-4-8-15(11)21-16/h2-3,6-7,9,14,20H,4-5,8,10H2,1H3. The predicted molar refractivity (Wildman–Crippen MR) is 85.7 cm³/mol. The lowest BCUT2D eigenvalue weighted by Gasteiger charge is -2.08. The molecule has 1 N–H and O–H groups in total. The molecule has 1 atom stereocenters. The smallest absolute Gasteiger partial charge is 0.112 e. The van der Waals surface area contributed by atoms with E-state index in [2.05, 4.69) is 21.7 Å². The first-order chi connectivity index (χ1) is 10.2. The first-order valence-electron chi connectivity index (χ1n) is 7.42. The highest BCUT2D eigenvalue weighted by atomic mass is 32.1. The molecular formula is C17H18N2OS. The van der Waals surface area contributed by atoms with Gasteiger partial charge in [-0.25, -0.2) is 4.98 Å². The molecule has 2 aromatic heterocycles. The van der Waals surface area contributed by atoms with E-state index in [1.807, 2.05) is 25.2 Å². The van der Waals surface area contributed by atoms with Gasteiger partial charge < -0.3 is 9.67 Å². The van der Waals surface area contributed by atoms with Crippen LogP contribution >= 0.6 is 11.3 Å². The summed E-state index contributed by atoms with van der Waals surface area (Å²) in [4.78, 5) is 7.21. The predicted octanol–water partition coefficient (Wildman–Crippen LogP) is 3.40.